The van der Waals surface area contributed by atoms with Crippen molar-refractivity contribution in [1.29, 1.82) is 0 Å². The number of benzene rings is 3. The first-order valence-electron chi connectivity index (χ1n) is 11.3. The maximum Gasteiger partial charge on any atom is 0.247 e. The number of para-hydroxylation sites is 1. The van der Waals surface area contributed by atoms with Crippen molar-refractivity contribution >= 4 is 11.6 Å². The number of fused-ring (bicyclic) bond motifs is 1. The predicted octanol–water partition coefficient (Wildman–Crippen LogP) is 6.66. The van der Waals surface area contributed by atoms with E-state index < -0.39 is 5.41 Å². The number of ether oxygens (including phenoxy) is 1. The van der Waals surface area contributed by atoms with Crippen LogP contribution in [0.15, 0.2) is 98.1 Å². The first-order chi connectivity index (χ1) is 15.9. The van der Waals surface area contributed by atoms with Gasteiger partial charge in [-0.1, -0.05) is 94.1 Å². The Kier molecular flexibility index (Phi) is 5.99. The van der Waals surface area contributed by atoms with Crippen LogP contribution in [0.1, 0.15) is 44.5 Å². The average Bonchev–Trinajstić information content (AvgIpc) is 3.06. The lowest BCUT2D eigenvalue weighted by molar-refractivity contribution is -0.120. The molecule has 1 unspecified atom stereocenters. The Morgan fingerprint density at radius 3 is 2.30 bits per heavy atom. The van der Waals surface area contributed by atoms with E-state index in [-0.39, 0.29) is 12.7 Å². The van der Waals surface area contributed by atoms with Crippen LogP contribution in [0, 0.1) is 0 Å². The lowest BCUT2D eigenvalue weighted by Crippen LogP contribution is -2.42. The van der Waals surface area contributed by atoms with Gasteiger partial charge < -0.3 is 9.64 Å². The fourth-order valence-corrected chi connectivity index (χ4v) is 4.71. The second-order valence-electron chi connectivity index (χ2n) is 9.40. The minimum absolute atomic E-state index is 0. The van der Waals surface area contributed by atoms with E-state index >= 15 is 0 Å². The summed E-state index contributed by atoms with van der Waals surface area (Å²) < 4.78 is 6.16. The van der Waals surface area contributed by atoms with E-state index in [1.54, 1.807) is 12.2 Å². The zero-order chi connectivity index (χ0) is 23.6. The molecule has 33 heavy (non-hydrogen) atoms. The number of hydrogen-bond acceptors (Lipinski definition) is 2. The van der Waals surface area contributed by atoms with Gasteiger partial charge in [-0.25, -0.2) is 0 Å². The Hall–Kier alpha value is -3.59. The van der Waals surface area contributed by atoms with Gasteiger partial charge in [-0.15, -0.1) is 6.58 Å². The van der Waals surface area contributed by atoms with Crippen LogP contribution in [0.2, 0.25) is 0 Å². The van der Waals surface area contributed by atoms with Crippen LogP contribution in [-0.4, -0.2) is 19.1 Å². The molecule has 1 heterocycles. The summed E-state index contributed by atoms with van der Waals surface area (Å²) in [4.78, 5) is 16.3. The van der Waals surface area contributed by atoms with Gasteiger partial charge in [-0.3, -0.25) is 4.79 Å². The Morgan fingerprint density at radius 1 is 0.939 bits per heavy atom. The second-order valence-corrected chi connectivity index (χ2v) is 9.40. The molecule has 3 nitrogen and oxygen atoms in total. The maximum absolute atomic E-state index is 14.5. The van der Waals surface area contributed by atoms with Crippen molar-refractivity contribution in [3.63, 3.8) is 0 Å². The summed E-state index contributed by atoms with van der Waals surface area (Å²) in [5.74, 6) is 0.694. The summed E-state index contributed by atoms with van der Waals surface area (Å²) in [5, 5.41) is 0. The van der Waals surface area contributed by atoms with E-state index in [0.717, 1.165) is 27.9 Å². The predicted molar refractivity (Wildman–Crippen MR) is 138 cm³/mol. The number of carbonyl (C=O) groups excluding carboxylic acids is 1. The Morgan fingerprint density at radius 2 is 1.64 bits per heavy atom. The highest BCUT2D eigenvalue weighted by Crippen LogP contribution is 2.53. The van der Waals surface area contributed by atoms with E-state index in [0.29, 0.717) is 18.9 Å². The number of hydrogen-bond donors (Lipinski definition) is 0. The van der Waals surface area contributed by atoms with E-state index in [4.69, 9.17) is 4.74 Å². The van der Waals surface area contributed by atoms with E-state index in [1.165, 1.54) is 0 Å². The molecule has 1 amide bonds. The molecule has 0 radical (unpaired) electrons. The van der Waals surface area contributed by atoms with E-state index in [1.807, 2.05) is 59.5 Å². The SMILES string of the molecule is C=CCOc1ccc(C(C)(C)C)cc1C1(c2ccccc2)C(=O)N(CC=C)c2ccccc21.[2HH]. The van der Waals surface area contributed by atoms with Crippen molar-refractivity contribution in [3.05, 3.63) is 120 Å². The molecule has 1 aliphatic rings. The van der Waals surface area contributed by atoms with Crippen molar-refractivity contribution in [2.75, 3.05) is 18.1 Å². The molecule has 1 atom stereocenters. The topological polar surface area (TPSA) is 29.5 Å². The Balaban J connectivity index is 0.00000324. The van der Waals surface area contributed by atoms with Gasteiger partial charge in [-0.05, 0) is 34.7 Å². The summed E-state index contributed by atoms with van der Waals surface area (Å²) in [6.45, 7) is 15.0. The average molecular weight is 441 g/mol. The van der Waals surface area contributed by atoms with Crippen molar-refractivity contribution in [2.24, 2.45) is 0 Å². The van der Waals surface area contributed by atoms with Gasteiger partial charge in [0.15, 0.2) is 0 Å². The van der Waals surface area contributed by atoms with Crippen LogP contribution in [-0.2, 0) is 15.6 Å². The van der Waals surface area contributed by atoms with Gasteiger partial charge in [-0.2, -0.15) is 0 Å². The van der Waals surface area contributed by atoms with Gasteiger partial charge in [0.1, 0.15) is 17.8 Å². The number of nitrogens with zero attached hydrogens (tertiary/aromatic N) is 1. The van der Waals surface area contributed by atoms with Gasteiger partial charge >= 0.3 is 0 Å². The van der Waals surface area contributed by atoms with Crippen molar-refractivity contribution in [2.45, 2.75) is 31.6 Å². The van der Waals surface area contributed by atoms with E-state index in [2.05, 4.69) is 52.1 Å². The molecule has 3 aromatic rings. The summed E-state index contributed by atoms with van der Waals surface area (Å²) in [6, 6.07) is 24.3. The van der Waals surface area contributed by atoms with Crippen LogP contribution in [0.25, 0.3) is 0 Å². The molecule has 0 aromatic heterocycles. The number of rotatable bonds is 7. The lowest BCUT2D eigenvalue weighted by atomic mass is 9.68. The fourth-order valence-electron chi connectivity index (χ4n) is 4.71. The van der Waals surface area contributed by atoms with Crippen LogP contribution in [0.3, 0.4) is 0 Å². The molecule has 0 N–H and O–H groups in total. The highest BCUT2D eigenvalue weighted by atomic mass is 16.5. The van der Waals surface area contributed by atoms with Crippen molar-refractivity contribution in [1.82, 2.24) is 0 Å². The standard InChI is InChI=1S/C30H31NO2.H2/c1-6-19-31-26-16-12-11-15-24(26)30(28(31)32,22-13-9-8-10-14-22)25-21-23(29(3,4)5)17-18-27(25)33-20-7-2;/h6-18,21H,1-2,19-20H2,3-5H3;1H/i;1+1. The van der Waals surface area contributed by atoms with Gasteiger partial charge in [0.2, 0.25) is 5.91 Å². The largest absolute Gasteiger partial charge is 0.489 e. The molecule has 170 valence electrons. The minimum atomic E-state index is -1.03. The molecule has 0 spiro atoms. The minimum Gasteiger partial charge on any atom is -0.489 e. The molecule has 0 bridgehead atoms. The summed E-state index contributed by atoms with van der Waals surface area (Å²) >= 11 is 0. The fraction of sp³-hybridized carbons (Fsp3) is 0.233. The van der Waals surface area contributed by atoms with Crippen molar-refractivity contribution < 1.29 is 11.0 Å². The Labute approximate surface area is 198 Å². The second kappa shape index (κ2) is 8.74. The van der Waals surface area contributed by atoms with Crippen molar-refractivity contribution in [3.8, 4) is 5.75 Å². The zero-order valence-corrected chi connectivity index (χ0v) is 19.7. The third-order valence-electron chi connectivity index (χ3n) is 6.29. The molecule has 1 aliphatic heterocycles. The molecule has 4 rings (SSSR count). The molecule has 0 saturated heterocycles. The van der Waals surface area contributed by atoms with Crippen LogP contribution in [0.4, 0.5) is 5.69 Å². The summed E-state index contributed by atoms with van der Waals surface area (Å²) in [7, 11) is 0. The maximum atomic E-state index is 14.5. The van der Waals surface area contributed by atoms with Crippen LogP contribution >= 0.6 is 0 Å². The Bertz CT molecular complexity index is 1200. The number of carbonyl (C=O) groups is 1. The van der Waals surface area contributed by atoms with E-state index in [9.17, 15) is 4.79 Å². The number of anilines is 1. The molecule has 3 aromatic carbocycles. The van der Waals surface area contributed by atoms with Crippen LogP contribution < -0.4 is 9.64 Å². The monoisotopic (exact) mass is 440 g/mol. The highest BCUT2D eigenvalue weighted by Gasteiger charge is 2.54. The van der Waals surface area contributed by atoms with Crippen LogP contribution in [0.5, 0.6) is 5.75 Å². The zero-order valence-electron chi connectivity index (χ0n) is 19.7. The normalized spacial score (nSPS) is 17.5. The van der Waals surface area contributed by atoms with Gasteiger partial charge in [0.05, 0.1) is 0 Å². The smallest absolute Gasteiger partial charge is 0.247 e. The van der Waals surface area contributed by atoms with Gasteiger partial charge in [0, 0.05) is 24.8 Å². The summed E-state index contributed by atoms with van der Waals surface area (Å²) in [5.41, 5.74) is 3.66. The molecular weight excluding hydrogens is 406 g/mol. The molecule has 0 fully saturated rings. The molecule has 0 aliphatic carbocycles. The quantitative estimate of drug-likeness (QED) is 0.384. The number of amides is 1. The first kappa shape index (κ1) is 22.6. The molecule has 0 saturated carbocycles. The highest BCUT2D eigenvalue weighted by molar-refractivity contribution is 6.13. The lowest BCUT2D eigenvalue weighted by Gasteiger charge is -2.33. The molecule has 3 heteroatoms. The third kappa shape index (κ3) is 3.68. The first-order valence-corrected chi connectivity index (χ1v) is 11.3. The molecular formula is C30H33NO2. The summed E-state index contributed by atoms with van der Waals surface area (Å²) in [6.07, 6.45) is 3.50. The van der Waals surface area contributed by atoms with Gasteiger partial charge in [0.25, 0.3) is 0 Å². The third-order valence-corrected chi connectivity index (χ3v) is 6.29.